The number of azide groups is 1. The van der Waals surface area contributed by atoms with Crippen LogP contribution >= 0.6 is 0 Å². The normalized spacial score (nSPS) is 14.4. The van der Waals surface area contributed by atoms with E-state index in [1.54, 1.807) is 0 Å². The summed E-state index contributed by atoms with van der Waals surface area (Å²) in [7, 11) is 0.347. The molecule has 3 radical (unpaired) electrons. The van der Waals surface area contributed by atoms with Crippen LogP contribution < -0.4 is 0 Å². The van der Waals surface area contributed by atoms with Crippen LogP contribution in [0.4, 0.5) is 0 Å². The van der Waals surface area contributed by atoms with Crippen LogP contribution in [0.1, 0.15) is 131 Å². The van der Waals surface area contributed by atoms with Gasteiger partial charge in [-0.3, -0.25) is 4.18 Å². The molecule has 0 spiro atoms. The zero-order valence-electron chi connectivity index (χ0n) is 28.6. The summed E-state index contributed by atoms with van der Waals surface area (Å²) in [6.07, 6.45) is 27.5. The Balaban J connectivity index is -0.0000000403. The number of hydrogen-bond donors (Lipinski definition) is 1. The number of nitrogens with zero attached hydrogens (tertiary/aromatic N) is 3. The SMILES string of the molecule is C1CCOC1.CC.CC.CC.CN=[N+]=[N-].CO.COS(C)(=O)=O.[CH-]1CCCC1.[CH-]1CCCC1.[CH-]1CCCC1.[Y].[Y].[Y]. The maximum Gasteiger partial charge on any atom is 0.264 e. The Bertz CT molecular complexity index is 416. The predicted molar refractivity (Wildman–Crippen MR) is 167 cm³/mol. The van der Waals surface area contributed by atoms with Gasteiger partial charge in [0.2, 0.25) is 0 Å². The van der Waals surface area contributed by atoms with E-state index in [0.29, 0.717) is 0 Å². The molecule has 3 saturated carbocycles. The van der Waals surface area contributed by atoms with Gasteiger partial charge in [-0.25, -0.2) is 0 Å². The molecule has 0 aromatic rings. The third-order valence-corrected chi connectivity index (χ3v) is 5.02. The quantitative estimate of drug-likeness (QED) is 0.0929. The second-order valence-electron chi connectivity index (χ2n) is 7.20. The topological polar surface area (TPSA) is 122 Å². The number of hydrogen-bond acceptors (Lipinski definition) is 6. The van der Waals surface area contributed by atoms with Crippen molar-refractivity contribution < 1.29 is 121 Å². The molecule has 41 heavy (non-hydrogen) atoms. The van der Waals surface area contributed by atoms with Crippen molar-refractivity contribution in [1.29, 1.82) is 0 Å². The fourth-order valence-electron chi connectivity index (χ4n) is 2.68. The molecule has 245 valence electrons. The van der Waals surface area contributed by atoms with Gasteiger partial charge in [0.25, 0.3) is 10.1 Å². The molecule has 0 aromatic heterocycles. The summed E-state index contributed by atoms with van der Waals surface area (Å²) in [5.41, 5.74) is 7.33. The molecule has 1 aliphatic heterocycles. The van der Waals surface area contributed by atoms with Gasteiger partial charge in [-0.1, -0.05) is 85.2 Å². The van der Waals surface area contributed by atoms with Crippen LogP contribution in [0.5, 0.6) is 0 Å². The molecule has 4 aliphatic rings. The van der Waals surface area contributed by atoms with E-state index in [1.165, 1.54) is 96.9 Å². The predicted octanol–water partition coefficient (Wildman–Crippen LogP) is 9.29. The zero-order chi connectivity index (χ0) is 30.8. The summed E-state index contributed by atoms with van der Waals surface area (Å²) < 4.78 is 28.4. The molecule has 3 aliphatic carbocycles. The van der Waals surface area contributed by atoms with Crippen LogP contribution in [0.15, 0.2) is 5.11 Å². The van der Waals surface area contributed by atoms with Gasteiger partial charge in [-0.2, -0.15) is 46.9 Å². The largest absolute Gasteiger partial charge is 0.400 e. The molecule has 0 atom stereocenters. The van der Waals surface area contributed by atoms with E-state index in [2.05, 4.69) is 33.5 Å². The second-order valence-corrected chi connectivity index (χ2v) is 8.94. The van der Waals surface area contributed by atoms with Gasteiger partial charge in [0.15, 0.2) is 0 Å². The van der Waals surface area contributed by atoms with Crippen molar-refractivity contribution in [2.75, 3.05) is 40.7 Å². The number of rotatable bonds is 1. The molecule has 12 heteroatoms. The van der Waals surface area contributed by atoms with Crippen molar-refractivity contribution in [3.63, 3.8) is 0 Å². The Hall–Kier alpha value is 2.45. The summed E-state index contributed by atoms with van der Waals surface area (Å²) in [5, 5.41) is 9.92. The Morgan fingerprint density at radius 1 is 0.683 bits per heavy atom. The van der Waals surface area contributed by atoms with E-state index in [0.717, 1.165) is 33.7 Å². The van der Waals surface area contributed by atoms with Gasteiger partial charge < -0.3 is 29.1 Å². The Morgan fingerprint density at radius 2 is 0.878 bits per heavy atom. The summed E-state index contributed by atoms with van der Waals surface area (Å²) in [4.78, 5) is 2.36. The first-order valence-electron chi connectivity index (χ1n) is 14.6. The minimum absolute atomic E-state index is 0. The Morgan fingerprint density at radius 3 is 0.927 bits per heavy atom. The van der Waals surface area contributed by atoms with Gasteiger partial charge in [0.05, 0.1) is 13.4 Å². The standard InChI is InChI=1S/3C5H9.C4H8O.C2H6O3S.3C2H6.CH3N3.CH4O.3Y/c4*1-2-4-5-3-1;1-5-6(2,3)4;3*1-2;1-3-4-2;1-2;;;/h3*1H,2-5H2;1-4H2;1-2H3;3*1-2H3;1H3;2H,1H3;;;/q3*-1;;;;;;;;;;. The van der Waals surface area contributed by atoms with E-state index >= 15 is 0 Å². The average Bonchev–Trinajstić information content (AvgIpc) is 3.83. The molecular formula is C29H66N3O5SY3-3. The zero-order valence-corrected chi connectivity index (χ0v) is 37.9. The first kappa shape index (κ1) is 66.0. The smallest absolute Gasteiger partial charge is 0.264 e. The van der Waals surface area contributed by atoms with Crippen LogP contribution in [0, 0.1) is 19.3 Å². The van der Waals surface area contributed by atoms with Crippen molar-refractivity contribution >= 4 is 10.1 Å². The van der Waals surface area contributed by atoms with E-state index in [1.807, 2.05) is 41.5 Å². The fourth-order valence-corrected chi connectivity index (χ4v) is 2.68. The first-order valence-corrected chi connectivity index (χ1v) is 16.5. The Labute approximate surface area is 333 Å². The van der Waals surface area contributed by atoms with Crippen molar-refractivity contribution in [2.45, 2.75) is 131 Å². The molecule has 4 rings (SSSR count). The minimum atomic E-state index is -3.16. The van der Waals surface area contributed by atoms with Gasteiger partial charge in [-0.05, 0) is 18.4 Å². The maximum absolute atomic E-state index is 9.78. The van der Waals surface area contributed by atoms with Crippen LogP contribution in [-0.4, -0.2) is 54.3 Å². The second kappa shape index (κ2) is 73.7. The van der Waals surface area contributed by atoms with Gasteiger partial charge >= 0.3 is 0 Å². The third-order valence-electron chi connectivity index (χ3n) is 4.42. The average molecular weight is 836 g/mol. The van der Waals surface area contributed by atoms with Crippen molar-refractivity contribution in [3.8, 4) is 0 Å². The van der Waals surface area contributed by atoms with Gasteiger partial charge in [0.1, 0.15) is 0 Å². The number of ether oxygens (including phenoxy) is 1. The molecule has 0 unspecified atom stereocenters. The molecule has 0 aromatic carbocycles. The van der Waals surface area contributed by atoms with Gasteiger partial charge in [0, 0.05) is 130 Å². The van der Waals surface area contributed by atoms with Crippen LogP contribution in [0.25, 0.3) is 10.4 Å². The van der Waals surface area contributed by atoms with E-state index in [9.17, 15) is 8.42 Å². The molecule has 1 heterocycles. The molecule has 4 fully saturated rings. The number of aliphatic hydroxyl groups is 1. The van der Waals surface area contributed by atoms with E-state index in [4.69, 9.17) is 15.4 Å². The number of aliphatic hydroxyl groups excluding tert-OH is 1. The first-order chi connectivity index (χ1) is 18.5. The van der Waals surface area contributed by atoms with Crippen LogP contribution in [0.3, 0.4) is 0 Å². The molecule has 8 nitrogen and oxygen atoms in total. The van der Waals surface area contributed by atoms with Crippen molar-refractivity contribution in [1.82, 2.24) is 0 Å². The molecular weight excluding hydrogens is 769 g/mol. The van der Waals surface area contributed by atoms with Crippen molar-refractivity contribution in [3.05, 3.63) is 29.7 Å². The summed E-state index contributed by atoms with van der Waals surface area (Å²) >= 11 is 0. The molecule has 0 bridgehead atoms. The third kappa shape index (κ3) is 99.3. The molecule has 0 amide bonds. The van der Waals surface area contributed by atoms with Crippen LogP contribution in [0.2, 0.25) is 0 Å². The van der Waals surface area contributed by atoms with E-state index < -0.39 is 10.1 Å². The summed E-state index contributed by atoms with van der Waals surface area (Å²) in [6.45, 7) is 14.0. The molecule has 1 N–H and O–H groups in total. The Kier molecular flexibility index (Phi) is 119. The maximum atomic E-state index is 9.78. The van der Waals surface area contributed by atoms with Crippen molar-refractivity contribution in [2.24, 2.45) is 5.11 Å². The summed E-state index contributed by atoms with van der Waals surface area (Å²) in [5.74, 6) is 0. The summed E-state index contributed by atoms with van der Waals surface area (Å²) in [6, 6.07) is 0. The minimum Gasteiger partial charge on any atom is -0.400 e. The van der Waals surface area contributed by atoms with E-state index in [-0.39, 0.29) is 98.1 Å². The monoisotopic (exact) mass is 835 g/mol. The van der Waals surface area contributed by atoms with Crippen LogP contribution in [-0.2, 0) is 117 Å². The molecule has 1 saturated heterocycles. The van der Waals surface area contributed by atoms with Gasteiger partial charge in [-0.15, -0.1) is 0 Å². The fraction of sp³-hybridized carbons (Fsp3) is 0.897.